The van der Waals surface area contributed by atoms with Gasteiger partial charge in [0.1, 0.15) is 18.3 Å². The number of aromatic nitrogens is 5. The van der Waals surface area contributed by atoms with Crippen molar-refractivity contribution in [3.8, 4) is 28.8 Å². The molecule has 0 saturated heterocycles. The van der Waals surface area contributed by atoms with Gasteiger partial charge in [-0.25, -0.2) is 23.8 Å². The molecule has 1 atom stereocenters. The standard InChI is InChI=1S/C31H29F3N8O3/c1-19(28-36-17-25(45-28)18-42(3,4)5)38-29(43)40-27(26-13-14-37-41(26)23-11-9-21(16-35)10-12-23)20(2)39(30(40)44)24-8-6-7-22(15-24)31(32,33)34/h6-15,17,19H,18H2,1-5H3/p+1/t19-/m0/s1. The van der Waals surface area contributed by atoms with E-state index in [-0.39, 0.29) is 23.0 Å². The highest BCUT2D eigenvalue weighted by atomic mass is 19.4. The smallest absolute Gasteiger partial charge is 0.416 e. The highest BCUT2D eigenvalue weighted by Crippen LogP contribution is 2.32. The van der Waals surface area contributed by atoms with Gasteiger partial charge in [-0.2, -0.15) is 23.5 Å². The van der Waals surface area contributed by atoms with Gasteiger partial charge in [0.2, 0.25) is 5.89 Å². The summed E-state index contributed by atoms with van der Waals surface area (Å²) in [5, 5.41) is 16.3. The van der Waals surface area contributed by atoms with Crippen LogP contribution >= 0.6 is 0 Å². The first-order chi connectivity index (χ1) is 21.2. The summed E-state index contributed by atoms with van der Waals surface area (Å²) in [5.41, 5.74) is -0.370. The molecule has 0 radical (unpaired) electrons. The van der Waals surface area contributed by atoms with Gasteiger partial charge < -0.3 is 14.2 Å². The summed E-state index contributed by atoms with van der Waals surface area (Å²) >= 11 is 0. The third kappa shape index (κ3) is 6.29. The number of carbonyl (C=O) groups excluding carboxylic acids is 1. The number of halogens is 3. The normalized spacial score (nSPS) is 12.6. The summed E-state index contributed by atoms with van der Waals surface area (Å²) < 4.78 is 50.6. The van der Waals surface area contributed by atoms with Crippen LogP contribution in [0, 0.1) is 18.3 Å². The fourth-order valence-electron chi connectivity index (χ4n) is 4.96. The second kappa shape index (κ2) is 11.6. The molecule has 0 aliphatic heterocycles. The van der Waals surface area contributed by atoms with E-state index in [9.17, 15) is 28.0 Å². The maximum Gasteiger partial charge on any atom is 0.416 e. The van der Waals surface area contributed by atoms with Crippen molar-refractivity contribution in [2.24, 2.45) is 0 Å². The summed E-state index contributed by atoms with van der Waals surface area (Å²) in [7, 11) is 5.96. The molecule has 5 rings (SSSR count). The molecule has 14 heteroatoms. The zero-order valence-electron chi connectivity index (χ0n) is 25.1. The average Bonchev–Trinajstić information content (AvgIpc) is 3.69. The van der Waals surface area contributed by atoms with Gasteiger partial charge in [0.25, 0.3) is 0 Å². The summed E-state index contributed by atoms with van der Waals surface area (Å²) in [6.45, 7) is 3.73. The monoisotopic (exact) mass is 619 g/mol. The molecule has 11 nitrogen and oxygen atoms in total. The molecule has 0 fully saturated rings. The van der Waals surface area contributed by atoms with Crippen molar-refractivity contribution >= 4 is 6.03 Å². The Bertz CT molecular complexity index is 1970. The molecule has 0 spiro atoms. The van der Waals surface area contributed by atoms with Crippen LogP contribution in [0.3, 0.4) is 0 Å². The maximum atomic E-state index is 14.0. The number of nitriles is 1. The number of alkyl halides is 3. The lowest BCUT2D eigenvalue weighted by Crippen LogP contribution is -2.38. The SMILES string of the molecule is Cc1c(-c2ccnn2-c2ccc(C#N)cc2)n(C(=O)N[C@@H](C)c2ncc(C[N+](C)(C)C)o2)c(=O)n1-c1cccc(C(F)(F)F)c1. The molecule has 5 aromatic rings. The van der Waals surface area contributed by atoms with Crippen molar-refractivity contribution < 1.29 is 26.9 Å². The number of hydrogen-bond donors (Lipinski definition) is 1. The minimum absolute atomic E-state index is 0.0738. The molecule has 0 saturated carbocycles. The lowest BCUT2D eigenvalue weighted by Gasteiger charge is -2.21. The van der Waals surface area contributed by atoms with Crippen LogP contribution in [0.15, 0.2) is 76.2 Å². The number of amides is 1. The van der Waals surface area contributed by atoms with Crippen LogP contribution in [-0.4, -0.2) is 55.6 Å². The van der Waals surface area contributed by atoms with Crippen LogP contribution in [0.4, 0.5) is 18.0 Å². The highest BCUT2D eigenvalue weighted by molar-refractivity contribution is 5.83. The van der Waals surface area contributed by atoms with Crippen molar-refractivity contribution in [1.82, 2.24) is 29.2 Å². The largest absolute Gasteiger partial charge is 0.437 e. The van der Waals surface area contributed by atoms with Gasteiger partial charge in [0, 0.05) is 0 Å². The van der Waals surface area contributed by atoms with E-state index in [4.69, 9.17) is 4.42 Å². The molecule has 0 aliphatic rings. The minimum Gasteiger partial charge on any atom is -0.437 e. The van der Waals surface area contributed by atoms with Crippen molar-refractivity contribution in [2.75, 3.05) is 21.1 Å². The van der Waals surface area contributed by atoms with Gasteiger partial charge >= 0.3 is 17.9 Å². The second-order valence-electron chi connectivity index (χ2n) is 11.5. The molecular weight excluding hydrogens is 589 g/mol. The first-order valence-electron chi connectivity index (χ1n) is 13.8. The van der Waals surface area contributed by atoms with E-state index in [1.165, 1.54) is 29.9 Å². The molecule has 3 aromatic heterocycles. The zero-order chi connectivity index (χ0) is 32.7. The number of benzene rings is 2. The average molecular weight is 620 g/mol. The van der Waals surface area contributed by atoms with Crippen LogP contribution in [0.2, 0.25) is 0 Å². The number of oxazole rings is 1. The summed E-state index contributed by atoms with van der Waals surface area (Å²) in [4.78, 5) is 32.2. The molecule has 3 heterocycles. The fraction of sp³-hybridized carbons (Fsp3) is 0.258. The predicted octanol–water partition coefficient (Wildman–Crippen LogP) is 5.20. The Balaban J connectivity index is 1.63. The Morgan fingerprint density at radius 1 is 1.11 bits per heavy atom. The van der Waals surface area contributed by atoms with Crippen LogP contribution in [-0.2, 0) is 12.7 Å². The Labute approximate surface area is 256 Å². The lowest BCUT2D eigenvalue weighted by molar-refractivity contribution is -0.884. The van der Waals surface area contributed by atoms with E-state index >= 15 is 0 Å². The summed E-state index contributed by atoms with van der Waals surface area (Å²) in [6.07, 6.45) is -1.61. The number of nitrogens with zero attached hydrogens (tertiary/aromatic N) is 7. The first-order valence-corrected chi connectivity index (χ1v) is 13.8. The zero-order valence-corrected chi connectivity index (χ0v) is 25.1. The van der Waals surface area contributed by atoms with E-state index in [1.54, 1.807) is 43.5 Å². The number of nitrogens with one attached hydrogen (secondary N) is 1. The predicted molar refractivity (Wildman–Crippen MR) is 158 cm³/mol. The number of quaternary nitrogens is 1. The third-order valence-corrected chi connectivity index (χ3v) is 6.96. The lowest BCUT2D eigenvalue weighted by atomic mass is 10.2. The van der Waals surface area contributed by atoms with E-state index in [1.807, 2.05) is 27.2 Å². The Kier molecular flexibility index (Phi) is 7.99. The molecule has 1 amide bonds. The molecule has 45 heavy (non-hydrogen) atoms. The van der Waals surface area contributed by atoms with Crippen molar-refractivity contribution in [3.63, 3.8) is 0 Å². The number of carbonyl (C=O) groups is 1. The van der Waals surface area contributed by atoms with Gasteiger partial charge in [-0.15, -0.1) is 0 Å². The molecule has 232 valence electrons. The molecule has 2 aromatic carbocycles. The van der Waals surface area contributed by atoms with Crippen LogP contribution in [0.1, 0.15) is 41.4 Å². The molecule has 0 bridgehead atoms. The van der Waals surface area contributed by atoms with Gasteiger partial charge in [-0.3, -0.25) is 4.57 Å². The van der Waals surface area contributed by atoms with Crippen LogP contribution in [0.25, 0.3) is 22.8 Å². The van der Waals surface area contributed by atoms with Crippen molar-refractivity contribution in [1.29, 1.82) is 5.26 Å². The van der Waals surface area contributed by atoms with E-state index in [0.717, 1.165) is 21.3 Å². The van der Waals surface area contributed by atoms with Gasteiger partial charge in [-0.1, -0.05) is 6.07 Å². The quantitative estimate of drug-likeness (QED) is 0.250. The van der Waals surface area contributed by atoms with E-state index in [2.05, 4.69) is 15.4 Å². The second-order valence-corrected chi connectivity index (χ2v) is 11.5. The van der Waals surface area contributed by atoms with Crippen molar-refractivity contribution in [2.45, 2.75) is 32.6 Å². The third-order valence-electron chi connectivity index (χ3n) is 6.96. The first kappa shape index (κ1) is 31.0. The molecule has 0 aliphatic carbocycles. The Hall–Kier alpha value is -5.42. The molecular formula is C31H30F3N8O3+. The number of hydrogen-bond acceptors (Lipinski definition) is 6. The Morgan fingerprint density at radius 3 is 2.47 bits per heavy atom. The topological polar surface area (TPSA) is 124 Å². The van der Waals surface area contributed by atoms with Gasteiger partial charge in [0.15, 0.2) is 5.76 Å². The maximum absolute atomic E-state index is 14.0. The minimum atomic E-state index is -4.65. The summed E-state index contributed by atoms with van der Waals surface area (Å²) in [5.74, 6) is 0.826. The Morgan fingerprint density at radius 2 is 1.82 bits per heavy atom. The van der Waals surface area contributed by atoms with E-state index < -0.39 is 29.5 Å². The van der Waals surface area contributed by atoms with E-state index in [0.29, 0.717) is 33.7 Å². The summed E-state index contributed by atoms with van der Waals surface area (Å²) in [6, 6.07) is 12.8. The van der Waals surface area contributed by atoms with Crippen LogP contribution in [0.5, 0.6) is 0 Å². The van der Waals surface area contributed by atoms with Crippen LogP contribution < -0.4 is 11.0 Å². The number of rotatable bonds is 7. The molecule has 0 unspecified atom stereocenters. The van der Waals surface area contributed by atoms with Gasteiger partial charge in [0.05, 0.1) is 73.5 Å². The number of imidazole rings is 1. The van der Waals surface area contributed by atoms with Crippen molar-refractivity contribution in [3.05, 3.63) is 106 Å². The van der Waals surface area contributed by atoms with Gasteiger partial charge in [-0.05, 0) is 62.4 Å². The highest BCUT2D eigenvalue weighted by Gasteiger charge is 2.32. The fourth-order valence-corrected chi connectivity index (χ4v) is 4.96. The molecule has 1 N–H and O–H groups in total.